The van der Waals surface area contributed by atoms with Crippen LogP contribution in [0.1, 0.15) is 25.3 Å². The van der Waals surface area contributed by atoms with Gasteiger partial charge in [-0.25, -0.2) is 0 Å². The number of nitrogens with zero attached hydrogens (tertiary/aromatic N) is 2. The van der Waals surface area contributed by atoms with E-state index >= 15 is 0 Å². The van der Waals surface area contributed by atoms with E-state index in [2.05, 4.69) is 45.0 Å². The lowest BCUT2D eigenvalue weighted by Gasteiger charge is -2.13. The molecule has 1 atom stereocenters. The molecule has 0 unspecified atom stereocenters. The largest absolute Gasteiger partial charge is 0.378 e. The fourth-order valence-corrected chi connectivity index (χ4v) is 2.38. The van der Waals surface area contributed by atoms with Gasteiger partial charge in [-0.2, -0.15) is 5.10 Å². The number of thiocarbonyl (C=S) groups is 1. The molecule has 0 amide bonds. The lowest BCUT2D eigenvalue weighted by atomic mass is 10.1. The zero-order valence-corrected chi connectivity index (χ0v) is 14.2. The smallest absolute Gasteiger partial charge is 0.187 e. The number of benzene rings is 1. The van der Waals surface area contributed by atoms with Crippen molar-refractivity contribution in [3.63, 3.8) is 0 Å². The Kier molecular flexibility index (Phi) is 6.15. The average Bonchev–Trinajstić information content (AvgIpc) is 3.04. The molecule has 1 aliphatic heterocycles. The van der Waals surface area contributed by atoms with Crippen LogP contribution in [0.15, 0.2) is 29.4 Å². The molecule has 6 heteroatoms. The highest BCUT2D eigenvalue weighted by Crippen LogP contribution is 2.13. The van der Waals surface area contributed by atoms with Gasteiger partial charge in [0.25, 0.3) is 0 Å². The van der Waals surface area contributed by atoms with E-state index in [1.54, 1.807) is 0 Å². The van der Waals surface area contributed by atoms with E-state index in [1.807, 2.05) is 21.0 Å². The summed E-state index contributed by atoms with van der Waals surface area (Å²) in [6, 6.07) is 8.25. The van der Waals surface area contributed by atoms with Crippen LogP contribution >= 0.6 is 12.2 Å². The number of rotatable bonds is 5. The van der Waals surface area contributed by atoms with Gasteiger partial charge in [-0.05, 0) is 49.7 Å². The lowest BCUT2D eigenvalue weighted by molar-refractivity contribution is 0.114. The molecule has 0 aliphatic carbocycles. The molecule has 0 spiro atoms. The molecule has 0 aromatic heterocycles. The Balaban J connectivity index is 1.81. The number of hydrogen-bond acceptors (Lipinski definition) is 4. The van der Waals surface area contributed by atoms with Gasteiger partial charge in [-0.3, -0.25) is 5.43 Å². The van der Waals surface area contributed by atoms with Crippen molar-refractivity contribution in [1.82, 2.24) is 10.7 Å². The van der Waals surface area contributed by atoms with Crippen molar-refractivity contribution in [1.29, 1.82) is 0 Å². The summed E-state index contributed by atoms with van der Waals surface area (Å²) < 4.78 is 5.54. The summed E-state index contributed by atoms with van der Waals surface area (Å²) in [7, 11) is 4.05. The zero-order valence-electron chi connectivity index (χ0n) is 13.4. The second-order valence-electron chi connectivity index (χ2n) is 5.60. The molecule has 2 N–H and O–H groups in total. The van der Waals surface area contributed by atoms with E-state index in [1.165, 1.54) is 5.69 Å². The molecular weight excluding hydrogens is 296 g/mol. The number of ether oxygens (including phenoxy) is 1. The van der Waals surface area contributed by atoms with Crippen molar-refractivity contribution in [3.8, 4) is 0 Å². The van der Waals surface area contributed by atoms with Crippen molar-refractivity contribution < 1.29 is 4.74 Å². The van der Waals surface area contributed by atoms with Crippen LogP contribution in [0.2, 0.25) is 0 Å². The normalized spacial score (nSPS) is 18.1. The van der Waals surface area contributed by atoms with Gasteiger partial charge in [0.1, 0.15) is 0 Å². The van der Waals surface area contributed by atoms with Crippen LogP contribution in [0.4, 0.5) is 5.69 Å². The molecule has 2 rings (SSSR count). The van der Waals surface area contributed by atoms with Crippen LogP contribution in [0.3, 0.4) is 0 Å². The van der Waals surface area contributed by atoms with Crippen molar-refractivity contribution >= 4 is 28.7 Å². The van der Waals surface area contributed by atoms with Gasteiger partial charge in [0.05, 0.1) is 11.8 Å². The third kappa shape index (κ3) is 4.96. The molecule has 0 bridgehead atoms. The third-order valence-electron chi connectivity index (χ3n) is 3.64. The number of hydrogen-bond donors (Lipinski definition) is 2. The van der Waals surface area contributed by atoms with Crippen LogP contribution in [0.25, 0.3) is 0 Å². The van der Waals surface area contributed by atoms with Crippen LogP contribution in [0.5, 0.6) is 0 Å². The van der Waals surface area contributed by atoms with E-state index in [4.69, 9.17) is 17.0 Å². The van der Waals surface area contributed by atoms with Crippen LogP contribution in [0, 0.1) is 0 Å². The molecule has 5 nitrogen and oxygen atoms in total. The first-order valence-electron chi connectivity index (χ1n) is 7.54. The molecule has 120 valence electrons. The minimum Gasteiger partial charge on any atom is -0.378 e. The zero-order chi connectivity index (χ0) is 15.9. The van der Waals surface area contributed by atoms with E-state index in [9.17, 15) is 0 Å². The van der Waals surface area contributed by atoms with Gasteiger partial charge in [0.15, 0.2) is 5.11 Å². The topological polar surface area (TPSA) is 48.9 Å². The number of anilines is 1. The predicted molar refractivity (Wildman–Crippen MR) is 95.7 cm³/mol. The molecule has 1 aliphatic rings. The average molecular weight is 320 g/mol. The summed E-state index contributed by atoms with van der Waals surface area (Å²) in [4.78, 5) is 2.07. The van der Waals surface area contributed by atoms with E-state index < -0.39 is 0 Å². The summed E-state index contributed by atoms with van der Waals surface area (Å²) in [5.41, 5.74) is 6.01. The Morgan fingerprint density at radius 1 is 1.36 bits per heavy atom. The van der Waals surface area contributed by atoms with Crippen LogP contribution in [-0.2, 0) is 4.74 Å². The van der Waals surface area contributed by atoms with E-state index in [-0.39, 0.29) is 6.10 Å². The lowest BCUT2D eigenvalue weighted by Crippen LogP contribution is -2.37. The molecule has 0 saturated carbocycles. The quantitative estimate of drug-likeness (QED) is 0.494. The maximum atomic E-state index is 5.54. The fourth-order valence-electron chi connectivity index (χ4n) is 2.25. The van der Waals surface area contributed by atoms with Gasteiger partial charge in [0, 0.05) is 32.9 Å². The maximum absolute atomic E-state index is 5.54. The molecule has 0 radical (unpaired) electrons. The summed E-state index contributed by atoms with van der Waals surface area (Å²) in [5.74, 6) is 0. The summed E-state index contributed by atoms with van der Waals surface area (Å²) in [6.07, 6.45) is 2.49. The molecule has 1 aromatic carbocycles. The second-order valence-corrected chi connectivity index (χ2v) is 6.00. The summed E-state index contributed by atoms with van der Waals surface area (Å²) >= 11 is 5.22. The van der Waals surface area contributed by atoms with Crippen molar-refractivity contribution in [2.75, 3.05) is 32.1 Å². The van der Waals surface area contributed by atoms with Crippen molar-refractivity contribution in [2.24, 2.45) is 5.10 Å². The third-order valence-corrected chi connectivity index (χ3v) is 3.88. The first-order chi connectivity index (χ1) is 10.6. The standard InChI is InChI=1S/C16H24N4OS/c1-12(13-6-8-14(9-7-13)20(2)3)18-19-16(22)17-11-15-5-4-10-21-15/h6-9,15H,4-5,10-11H2,1-3H3,(H2,17,19,22)/b18-12-/t15-/m1/s1. The molecular formula is C16H24N4OS. The Morgan fingerprint density at radius 2 is 2.09 bits per heavy atom. The predicted octanol–water partition coefficient (Wildman–Crippen LogP) is 2.12. The van der Waals surface area contributed by atoms with Gasteiger partial charge >= 0.3 is 0 Å². The summed E-state index contributed by atoms with van der Waals surface area (Å²) in [6.45, 7) is 3.55. The molecule has 1 fully saturated rings. The van der Waals surface area contributed by atoms with Crippen molar-refractivity contribution in [2.45, 2.75) is 25.9 Å². The Labute approximate surface area is 137 Å². The van der Waals surface area contributed by atoms with Gasteiger partial charge < -0.3 is 15.0 Å². The number of nitrogens with one attached hydrogen (secondary N) is 2. The fraction of sp³-hybridized carbons (Fsp3) is 0.500. The van der Waals surface area contributed by atoms with Gasteiger partial charge in [0.2, 0.25) is 0 Å². The Bertz CT molecular complexity index is 521. The second kappa shape index (κ2) is 8.10. The van der Waals surface area contributed by atoms with Crippen molar-refractivity contribution in [3.05, 3.63) is 29.8 Å². The minimum absolute atomic E-state index is 0.267. The van der Waals surface area contributed by atoms with Crippen LogP contribution < -0.4 is 15.6 Å². The molecule has 1 heterocycles. The first-order valence-corrected chi connectivity index (χ1v) is 7.94. The highest BCUT2D eigenvalue weighted by molar-refractivity contribution is 7.80. The molecule has 22 heavy (non-hydrogen) atoms. The summed E-state index contributed by atoms with van der Waals surface area (Å²) in [5, 5.41) is 7.99. The van der Waals surface area contributed by atoms with E-state index in [0.29, 0.717) is 5.11 Å². The highest BCUT2D eigenvalue weighted by Gasteiger charge is 2.15. The maximum Gasteiger partial charge on any atom is 0.187 e. The highest BCUT2D eigenvalue weighted by atomic mass is 32.1. The Morgan fingerprint density at radius 3 is 2.68 bits per heavy atom. The van der Waals surface area contributed by atoms with Crippen LogP contribution in [-0.4, -0.2) is 44.2 Å². The number of hydrazone groups is 1. The molecule has 1 saturated heterocycles. The minimum atomic E-state index is 0.267. The first kappa shape index (κ1) is 16.7. The SMILES string of the molecule is C/C(=N/NC(=S)NC[C@H]1CCCO1)c1ccc(N(C)C)cc1. The Hall–Kier alpha value is -1.66. The molecule has 1 aromatic rings. The monoisotopic (exact) mass is 320 g/mol. The van der Waals surface area contributed by atoms with Gasteiger partial charge in [-0.15, -0.1) is 0 Å². The van der Waals surface area contributed by atoms with E-state index in [0.717, 1.165) is 37.3 Å². The van der Waals surface area contributed by atoms with Gasteiger partial charge in [-0.1, -0.05) is 12.1 Å².